The second kappa shape index (κ2) is 3.14. The SMILES string of the molecule is N#CC1CC(C(N)=O)N2N=CC=CC12. The largest absolute Gasteiger partial charge is 0.368 e. The first-order valence-corrected chi connectivity index (χ1v) is 4.42. The van der Waals surface area contributed by atoms with Crippen LogP contribution in [-0.2, 0) is 4.79 Å². The van der Waals surface area contributed by atoms with Gasteiger partial charge >= 0.3 is 0 Å². The molecule has 0 radical (unpaired) electrons. The lowest BCUT2D eigenvalue weighted by atomic mass is 10.0. The van der Waals surface area contributed by atoms with Gasteiger partial charge < -0.3 is 5.73 Å². The molecule has 1 fully saturated rings. The summed E-state index contributed by atoms with van der Waals surface area (Å²) >= 11 is 0. The number of hydrogen-bond acceptors (Lipinski definition) is 4. The molecule has 0 spiro atoms. The van der Waals surface area contributed by atoms with Gasteiger partial charge in [-0.05, 0) is 12.5 Å². The Labute approximate surface area is 81.5 Å². The number of nitrogens with zero attached hydrogens (tertiary/aromatic N) is 3. The zero-order chi connectivity index (χ0) is 10.1. The van der Waals surface area contributed by atoms with E-state index in [9.17, 15) is 4.79 Å². The molecule has 14 heavy (non-hydrogen) atoms. The van der Waals surface area contributed by atoms with Crippen molar-refractivity contribution in [1.29, 1.82) is 5.26 Å². The van der Waals surface area contributed by atoms with Gasteiger partial charge in [-0.3, -0.25) is 9.80 Å². The van der Waals surface area contributed by atoms with Gasteiger partial charge in [-0.1, -0.05) is 6.08 Å². The van der Waals surface area contributed by atoms with Crippen LogP contribution < -0.4 is 5.73 Å². The van der Waals surface area contributed by atoms with E-state index >= 15 is 0 Å². The highest BCUT2D eigenvalue weighted by Gasteiger charge is 2.42. The molecule has 0 aromatic carbocycles. The Morgan fingerprint density at radius 1 is 1.71 bits per heavy atom. The maximum Gasteiger partial charge on any atom is 0.241 e. The maximum atomic E-state index is 11.1. The number of rotatable bonds is 1. The van der Waals surface area contributed by atoms with Crippen molar-refractivity contribution in [3.8, 4) is 6.07 Å². The van der Waals surface area contributed by atoms with Gasteiger partial charge in [0, 0.05) is 6.21 Å². The molecule has 2 N–H and O–H groups in total. The van der Waals surface area contributed by atoms with Gasteiger partial charge in [-0.15, -0.1) is 0 Å². The lowest BCUT2D eigenvalue weighted by Gasteiger charge is -2.25. The van der Waals surface area contributed by atoms with E-state index in [1.807, 2.05) is 6.08 Å². The zero-order valence-electron chi connectivity index (χ0n) is 7.50. The lowest BCUT2D eigenvalue weighted by molar-refractivity contribution is -0.122. The molecule has 3 atom stereocenters. The molecule has 5 nitrogen and oxygen atoms in total. The van der Waals surface area contributed by atoms with Crippen LogP contribution in [0.1, 0.15) is 6.42 Å². The molecule has 72 valence electrons. The van der Waals surface area contributed by atoms with E-state index in [0.717, 1.165) is 0 Å². The molecule has 2 aliphatic heterocycles. The molecule has 0 bridgehead atoms. The van der Waals surface area contributed by atoms with E-state index in [2.05, 4.69) is 11.2 Å². The first-order chi connectivity index (χ1) is 6.74. The summed E-state index contributed by atoms with van der Waals surface area (Å²) in [7, 11) is 0. The van der Waals surface area contributed by atoms with Gasteiger partial charge in [0.2, 0.25) is 5.91 Å². The number of primary amides is 1. The van der Waals surface area contributed by atoms with Crippen molar-refractivity contribution in [2.45, 2.75) is 18.5 Å². The molecule has 1 amide bonds. The molecule has 2 aliphatic rings. The summed E-state index contributed by atoms with van der Waals surface area (Å²) in [5, 5.41) is 14.6. The van der Waals surface area contributed by atoms with Crippen LogP contribution in [0, 0.1) is 17.2 Å². The van der Waals surface area contributed by atoms with Crippen LogP contribution >= 0.6 is 0 Å². The third kappa shape index (κ3) is 1.16. The Morgan fingerprint density at radius 3 is 3.14 bits per heavy atom. The average Bonchev–Trinajstić information content (AvgIpc) is 2.56. The van der Waals surface area contributed by atoms with Crippen LogP contribution in [0.2, 0.25) is 0 Å². The molecule has 0 aromatic rings. The fraction of sp³-hybridized carbons (Fsp3) is 0.444. The van der Waals surface area contributed by atoms with E-state index in [0.29, 0.717) is 6.42 Å². The van der Waals surface area contributed by atoms with Crippen LogP contribution in [-0.4, -0.2) is 29.2 Å². The highest BCUT2D eigenvalue weighted by molar-refractivity contribution is 5.81. The number of carbonyl (C=O) groups excluding carboxylic acids is 1. The quantitative estimate of drug-likeness (QED) is 0.611. The van der Waals surface area contributed by atoms with E-state index < -0.39 is 11.9 Å². The highest BCUT2D eigenvalue weighted by Crippen LogP contribution is 2.31. The van der Waals surface area contributed by atoms with Crippen molar-refractivity contribution in [2.24, 2.45) is 16.8 Å². The summed E-state index contributed by atoms with van der Waals surface area (Å²) in [6.45, 7) is 0. The molecular formula is C9H10N4O. The standard InChI is InChI=1S/C9H10N4O/c10-5-6-4-8(9(11)14)13-7(6)2-1-3-12-13/h1-3,6-8H,4H2,(H2,11,14). The average molecular weight is 190 g/mol. The summed E-state index contributed by atoms with van der Waals surface area (Å²) in [5.74, 6) is -0.610. The van der Waals surface area contributed by atoms with Gasteiger partial charge in [0.05, 0.1) is 18.0 Å². The van der Waals surface area contributed by atoms with E-state index in [1.165, 1.54) is 0 Å². The molecule has 0 aromatic heterocycles. The molecule has 0 saturated carbocycles. The van der Waals surface area contributed by atoms with Gasteiger partial charge in [-0.25, -0.2) is 0 Å². The molecule has 2 rings (SSSR count). The minimum Gasteiger partial charge on any atom is -0.368 e. The summed E-state index contributed by atoms with van der Waals surface area (Å²) in [6, 6.07) is 1.64. The summed E-state index contributed by atoms with van der Waals surface area (Å²) in [6.07, 6.45) is 5.74. The van der Waals surface area contributed by atoms with Gasteiger partial charge in [0.1, 0.15) is 6.04 Å². The predicted octanol–water partition coefficient (Wildman–Crippen LogP) is -0.390. The minimum atomic E-state index is -0.439. The van der Waals surface area contributed by atoms with Crippen molar-refractivity contribution in [3.05, 3.63) is 12.2 Å². The van der Waals surface area contributed by atoms with Crippen molar-refractivity contribution >= 4 is 12.1 Å². The fourth-order valence-electron chi connectivity index (χ4n) is 1.91. The van der Waals surface area contributed by atoms with Crippen LogP contribution in [0.4, 0.5) is 0 Å². The predicted molar refractivity (Wildman–Crippen MR) is 50.0 cm³/mol. The normalized spacial score (nSPS) is 33.9. The zero-order valence-corrected chi connectivity index (χ0v) is 7.50. The van der Waals surface area contributed by atoms with Gasteiger partial charge in [0.15, 0.2) is 0 Å². The fourth-order valence-corrected chi connectivity index (χ4v) is 1.91. The summed E-state index contributed by atoms with van der Waals surface area (Å²) < 4.78 is 0. The topological polar surface area (TPSA) is 82.5 Å². The number of fused-ring (bicyclic) bond motifs is 1. The third-order valence-corrected chi connectivity index (χ3v) is 2.60. The molecule has 0 aliphatic carbocycles. The smallest absolute Gasteiger partial charge is 0.241 e. The van der Waals surface area contributed by atoms with Crippen molar-refractivity contribution in [2.75, 3.05) is 0 Å². The van der Waals surface area contributed by atoms with Crippen molar-refractivity contribution < 1.29 is 4.79 Å². The first-order valence-electron chi connectivity index (χ1n) is 4.42. The van der Waals surface area contributed by atoms with E-state index in [4.69, 9.17) is 11.0 Å². The number of carbonyl (C=O) groups is 1. The number of nitriles is 1. The Morgan fingerprint density at radius 2 is 2.50 bits per heavy atom. The second-order valence-corrected chi connectivity index (χ2v) is 3.41. The van der Waals surface area contributed by atoms with Gasteiger partial charge in [-0.2, -0.15) is 10.4 Å². The Kier molecular flexibility index (Phi) is 1.97. The molecule has 1 saturated heterocycles. The first kappa shape index (κ1) is 8.75. The number of nitrogens with two attached hydrogens (primary N) is 1. The summed E-state index contributed by atoms with van der Waals surface area (Å²) in [4.78, 5) is 11.1. The molecule has 2 heterocycles. The number of hydrazone groups is 1. The highest BCUT2D eigenvalue weighted by atomic mass is 16.1. The molecular weight excluding hydrogens is 180 g/mol. The van der Waals surface area contributed by atoms with E-state index in [-0.39, 0.29) is 12.0 Å². The van der Waals surface area contributed by atoms with Crippen molar-refractivity contribution in [3.63, 3.8) is 0 Å². The van der Waals surface area contributed by atoms with Crippen LogP contribution in [0.15, 0.2) is 17.3 Å². The number of hydrogen-bond donors (Lipinski definition) is 1. The Bertz CT molecular complexity index is 354. The van der Waals surface area contributed by atoms with Crippen LogP contribution in [0.5, 0.6) is 0 Å². The Balaban J connectivity index is 2.28. The molecule has 5 heteroatoms. The molecule has 3 unspecified atom stereocenters. The number of amides is 1. The lowest BCUT2D eigenvalue weighted by Crippen LogP contribution is -2.41. The second-order valence-electron chi connectivity index (χ2n) is 3.41. The number of allylic oxidation sites excluding steroid dienone is 1. The summed E-state index contributed by atoms with van der Waals surface area (Å²) in [5.41, 5.74) is 5.23. The monoisotopic (exact) mass is 190 g/mol. The van der Waals surface area contributed by atoms with E-state index in [1.54, 1.807) is 17.3 Å². The minimum absolute atomic E-state index is 0.0949. The van der Waals surface area contributed by atoms with Crippen LogP contribution in [0.3, 0.4) is 0 Å². The van der Waals surface area contributed by atoms with Crippen LogP contribution in [0.25, 0.3) is 0 Å². The Hall–Kier alpha value is -1.83. The van der Waals surface area contributed by atoms with Crippen molar-refractivity contribution in [1.82, 2.24) is 5.01 Å². The van der Waals surface area contributed by atoms with Gasteiger partial charge in [0.25, 0.3) is 0 Å². The maximum absolute atomic E-state index is 11.1. The third-order valence-electron chi connectivity index (χ3n) is 2.60.